The topological polar surface area (TPSA) is 79.5 Å². The number of hydrogen-bond acceptors (Lipinski definition) is 6. The highest BCUT2D eigenvalue weighted by molar-refractivity contribution is 5.45. The maximum absolute atomic E-state index is 6.26. The average Bonchev–Trinajstić information content (AvgIpc) is 2.53. The Bertz CT molecular complexity index is 590. The largest absolute Gasteiger partial charge is 0.497 e. The van der Waals surface area contributed by atoms with Crippen LogP contribution in [0.5, 0.6) is 17.4 Å². The Morgan fingerprint density at radius 3 is 2.45 bits per heavy atom. The fourth-order valence-electron chi connectivity index (χ4n) is 1.88. The van der Waals surface area contributed by atoms with E-state index in [1.165, 1.54) is 6.33 Å². The van der Waals surface area contributed by atoms with Gasteiger partial charge >= 0.3 is 0 Å². The van der Waals surface area contributed by atoms with Crippen LogP contribution in [0.1, 0.15) is 17.3 Å². The zero-order valence-corrected chi connectivity index (χ0v) is 11.7. The van der Waals surface area contributed by atoms with Crippen LogP contribution in [0.2, 0.25) is 0 Å². The highest BCUT2D eigenvalue weighted by atomic mass is 16.5. The van der Waals surface area contributed by atoms with Gasteiger partial charge in [0.1, 0.15) is 17.8 Å². The summed E-state index contributed by atoms with van der Waals surface area (Å²) in [5.74, 6) is 1.85. The summed E-state index contributed by atoms with van der Waals surface area (Å²) in [4.78, 5) is 8.15. The van der Waals surface area contributed by atoms with E-state index in [4.69, 9.17) is 19.9 Å². The van der Waals surface area contributed by atoms with Gasteiger partial charge in [0.2, 0.25) is 5.88 Å². The molecule has 1 aromatic carbocycles. The molecule has 1 unspecified atom stereocenters. The molecule has 6 nitrogen and oxygen atoms in total. The van der Waals surface area contributed by atoms with E-state index >= 15 is 0 Å². The summed E-state index contributed by atoms with van der Waals surface area (Å²) in [5.41, 5.74) is 7.69. The van der Waals surface area contributed by atoms with E-state index in [9.17, 15) is 0 Å². The van der Waals surface area contributed by atoms with Crippen molar-refractivity contribution in [1.29, 1.82) is 0 Å². The van der Waals surface area contributed by atoms with Gasteiger partial charge in [0.15, 0.2) is 0 Å². The highest BCUT2D eigenvalue weighted by Crippen LogP contribution is 2.31. The monoisotopic (exact) mass is 275 g/mol. The van der Waals surface area contributed by atoms with Gasteiger partial charge < -0.3 is 19.9 Å². The van der Waals surface area contributed by atoms with Crippen molar-refractivity contribution in [2.24, 2.45) is 5.73 Å². The Balaban J connectivity index is 2.42. The summed E-state index contributed by atoms with van der Waals surface area (Å²) in [6.45, 7) is 0. The van der Waals surface area contributed by atoms with Crippen LogP contribution in [0, 0.1) is 0 Å². The first-order valence-electron chi connectivity index (χ1n) is 6.03. The number of aromatic nitrogens is 2. The third-order valence-electron chi connectivity index (χ3n) is 2.96. The van der Waals surface area contributed by atoms with E-state index in [1.807, 2.05) is 18.2 Å². The average molecular weight is 275 g/mol. The van der Waals surface area contributed by atoms with E-state index < -0.39 is 6.04 Å². The van der Waals surface area contributed by atoms with Crippen molar-refractivity contribution in [3.63, 3.8) is 0 Å². The van der Waals surface area contributed by atoms with Crippen molar-refractivity contribution in [3.05, 3.63) is 41.9 Å². The number of nitrogens with zero attached hydrogens (tertiary/aromatic N) is 2. The van der Waals surface area contributed by atoms with Gasteiger partial charge in [-0.3, -0.25) is 0 Å². The van der Waals surface area contributed by atoms with Gasteiger partial charge in [0.25, 0.3) is 0 Å². The van der Waals surface area contributed by atoms with Crippen molar-refractivity contribution in [2.75, 3.05) is 21.3 Å². The molecule has 2 N–H and O–H groups in total. The number of rotatable bonds is 5. The molecule has 0 saturated carbocycles. The third-order valence-corrected chi connectivity index (χ3v) is 2.96. The van der Waals surface area contributed by atoms with Crippen LogP contribution in [0.3, 0.4) is 0 Å². The normalized spacial score (nSPS) is 11.8. The van der Waals surface area contributed by atoms with Crippen LogP contribution >= 0.6 is 0 Å². The molecular weight excluding hydrogens is 258 g/mol. The predicted octanol–water partition coefficient (Wildman–Crippen LogP) is 1.55. The minimum absolute atomic E-state index is 0.461. The van der Waals surface area contributed by atoms with Gasteiger partial charge in [-0.1, -0.05) is 0 Å². The minimum atomic E-state index is -0.461. The second-order valence-electron chi connectivity index (χ2n) is 4.07. The summed E-state index contributed by atoms with van der Waals surface area (Å²) in [7, 11) is 4.74. The molecule has 0 aliphatic carbocycles. The van der Waals surface area contributed by atoms with Crippen LogP contribution in [-0.4, -0.2) is 31.3 Å². The lowest BCUT2D eigenvalue weighted by Crippen LogP contribution is -2.15. The van der Waals surface area contributed by atoms with Crippen molar-refractivity contribution < 1.29 is 14.2 Å². The summed E-state index contributed by atoms with van der Waals surface area (Å²) in [5, 5.41) is 0. The van der Waals surface area contributed by atoms with Gasteiger partial charge in [-0.2, -0.15) is 0 Å². The molecule has 106 valence electrons. The standard InChI is InChI=1S/C14H17N3O3/c1-18-9-4-5-12(19-2)10(6-9)14(15)11-7-13(20-3)17-8-16-11/h4-8,14H,15H2,1-3H3. The molecule has 6 heteroatoms. The van der Waals surface area contributed by atoms with Gasteiger partial charge in [-0.25, -0.2) is 9.97 Å². The Labute approximate surface area is 117 Å². The van der Waals surface area contributed by atoms with E-state index in [2.05, 4.69) is 9.97 Å². The minimum Gasteiger partial charge on any atom is -0.497 e. The van der Waals surface area contributed by atoms with Crippen molar-refractivity contribution >= 4 is 0 Å². The first kappa shape index (κ1) is 14.1. The Morgan fingerprint density at radius 1 is 1.00 bits per heavy atom. The van der Waals surface area contributed by atoms with Gasteiger partial charge in [0, 0.05) is 11.6 Å². The van der Waals surface area contributed by atoms with Crippen molar-refractivity contribution in [2.45, 2.75) is 6.04 Å². The fraction of sp³-hybridized carbons (Fsp3) is 0.286. The molecule has 1 heterocycles. The lowest BCUT2D eigenvalue weighted by molar-refractivity contribution is 0.393. The Hall–Kier alpha value is -2.34. The van der Waals surface area contributed by atoms with Gasteiger partial charge in [0.05, 0.1) is 33.1 Å². The first-order chi connectivity index (χ1) is 9.69. The maximum atomic E-state index is 6.26. The molecule has 0 aliphatic rings. The third kappa shape index (κ3) is 2.80. The van der Waals surface area contributed by atoms with Crippen molar-refractivity contribution in [1.82, 2.24) is 9.97 Å². The molecule has 20 heavy (non-hydrogen) atoms. The molecule has 1 atom stereocenters. The Morgan fingerprint density at radius 2 is 1.80 bits per heavy atom. The summed E-state index contributed by atoms with van der Waals surface area (Å²) in [6, 6.07) is 6.70. The predicted molar refractivity (Wildman–Crippen MR) is 74.2 cm³/mol. The molecular formula is C14H17N3O3. The molecule has 0 aliphatic heterocycles. The number of methoxy groups -OCH3 is 3. The number of ether oxygens (including phenoxy) is 3. The molecule has 0 spiro atoms. The molecule has 2 rings (SSSR count). The smallest absolute Gasteiger partial charge is 0.216 e. The number of hydrogen-bond donors (Lipinski definition) is 1. The Kier molecular flexibility index (Phi) is 4.37. The lowest BCUT2D eigenvalue weighted by Gasteiger charge is -2.16. The molecule has 1 aromatic heterocycles. The zero-order valence-electron chi connectivity index (χ0n) is 11.7. The first-order valence-corrected chi connectivity index (χ1v) is 6.03. The molecule has 0 radical (unpaired) electrons. The van der Waals surface area contributed by atoms with Gasteiger partial charge in [-0.05, 0) is 18.2 Å². The summed E-state index contributed by atoms with van der Waals surface area (Å²) in [6.07, 6.45) is 1.42. The SMILES string of the molecule is COc1ccc(OC)c(C(N)c2cc(OC)ncn2)c1. The van der Waals surface area contributed by atoms with E-state index in [0.29, 0.717) is 23.1 Å². The molecule has 0 saturated heterocycles. The van der Waals surface area contributed by atoms with Gasteiger partial charge in [-0.15, -0.1) is 0 Å². The molecule has 0 bridgehead atoms. The van der Waals surface area contributed by atoms with Crippen LogP contribution in [0.15, 0.2) is 30.6 Å². The highest BCUT2D eigenvalue weighted by Gasteiger charge is 2.17. The quantitative estimate of drug-likeness (QED) is 0.891. The number of benzene rings is 1. The van der Waals surface area contributed by atoms with E-state index in [-0.39, 0.29) is 0 Å². The molecule has 0 amide bonds. The van der Waals surface area contributed by atoms with Crippen molar-refractivity contribution in [3.8, 4) is 17.4 Å². The molecule has 2 aromatic rings. The lowest BCUT2D eigenvalue weighted by atomic mass is 10.0. The van der Waals surface area contributed by atoms with Crippen LogP contribution in [-0.2, 0) is 0 Å². The maximum Gasteiger partial charge on any atom is 0.216 e. The summed E-state index contributed by atoms with van der Waals surface area (Å²) >= 11 is 0. The zero-order chi connectivity index (χ0) is 14.5. The summed E-state index contributed by atoms with van der Waals surface area (Å²) < 4.78 is 15.6. The second kappa shape index (κ2) is 6.21. The van der Waals surface area contributed by atoms with Crippen LogP contribution in [0.4, 0.5) is 0 Å². The van der Waals surface area contributed by atoms with Crippen LogP contribution < -0.4 is 19.9 Å². The second-order valence-corrected chi connectivity index (χ2v) is 4.07. The van der Waals surface area contributed by atoms with Crippen LogP contribution in [0.25, 0.3) is 0 Å². The fourth-order valence-corrected chi connectivity index (χ4v) is 1.88. The number of nitrogens with two attached hydrogens (primary N) is 1. The van der Waals surface area contributed by atoms with E-state index in [0.717, 1.165) is 5.56 Å². The molecule has 0 fully saturated rings. The van der Waals surface area contributed by atoms with E-state index in [1.54, 1.807) is 27.4 Å².